The molecule has 0 aliphatic heterocycles. The fraction of sp³-hybridized carbons (Fsp3) is 0.200. The molecule has 15 heavy (non-hydrogen) atoms. The number of ether oxygens (including phenoxy) is 1. The lowest BCUT2D eigenvalue weighted by molar-refractivity contribution is -0.274. The summed E-state index contributed by atoms with van der Waals surface area (Å²) in [5.74, 6) is -0.269. The highest BCUT2D eigenvalue weighted by atomic mass is 19.4. The summed E-state index contributed by atoms with van der Waals surface area (Å²) in [4.78, 5) is 0. The zero-order valence-corrected chi connectivity index (χ0v) is 7.84. The Kier molecular flexibility index (Phi) is 3.36. The first-order valence-corrected chi connectivity index (χ1v) is 4.16. The molecule has 1 aromatic carbocycles. The molecule has 0 heterocycles. The van der Waals surface area contributed by atoms with Crippen LogP contribution in [-0.2, 0) is 0 Å². The van der Waals surface area contributed by atoms with Crippen molar-refractivity contribution in [3.05, 3.63) is 36.4 Å². The molecule has 0 spiro atoms. The van der Waals surface area contributed by atoms with Crippen molar-refractivity contribution in [2.45, 2.75) is 6.36 Å². The van der Waals surface area contributed by atoms with Crippen LogP contribution in [0.5, 0.6) is 5.75 Å². The molecular weight excluding hydrogens is 207 g/mol. The standard InChI is InChI=1S/C10H10F3NO/c1-7(6-14)8-3-2-4-9(5-8)15-10(11,12)13/h2-5H,1,6,14H2. The molecule has 5 heteroatoms. The third-order valence-electron chi connectivity index (χ3n) is 1.72. The third-order valence-corrected chi connectivity index (χ3v) is 1.72. The van der Waals surface area contributed by atoms with Gasteiger partial charge in [-0.1, -0.05) is 18.7 Å². The molecule has 1 aromatic rings. The predicted octanol–water partition coefficient (Wildman–Crippen LogP) is 2.56. The molecule has 82 valence electrons. The SMILES string of the molecule is C=C(CN)c1cccc(OC(F)(F)F)c1. The van der Waals surface area contributed by atoms with E-state index in [0.29, 0.717) is 11.1 Å². The summed E-state index contributed by atoms with van der Waals surface area (Å²) >= 11 is 0. The van der Waals surface area contributed by atoms with Crippen LogP contribution < -0.4 is 10.5 Å². The number of alkyl halides is 3. The minimum atomic E-state index is -4.68. The zero-order valence-electron chi connectivity index (χ0n) is 7.84. The van der Waals surface area contributed by atoms with Gasteiger partial charge in [-0.3, -0.25) is 0 Å². The molecule has 1 rings (SSSR count). The summed E-state index contributed by atoms with van der Waals surface area (Å²) < 4.78 is 39.4. The van der Waals surface area contributed by atoms with Crippen LogP contribution >= 0.6 is 0 Å². The zero-order chi connectivity index (χ0) is 11.5. The molecule has 0 fully saturated rings. The largest absolute Gasteiger partial charge is 0.573 e. The van der Waals surface area contributed by atoms with E-state index in [1.54, 1.807) is 6.07 Å². The molecular formula is C10H10F3NO. The molecule has 0 aliphatic carbocycles. The number of halogens is 3. The van der Waals surface area contributed by atoms with Gasteiger partial charge >= 0.3 is 6.36 Å². The molecule has 0 radical (unpaired) electrons. The molecule has 0 amide bonds. The van der Waals surface area contributed by atoms with E-state index < -0.39 is 6.36 Å². The van der Waals surface area contributed by atoms with Gasteiger partial charge in [0.1, 0.15) is 5.75 Å². The molecule has 0 atom stereocenters. The van der Waals surface area contributed by atoms with Gasteiger partial charge in [-0.2, -0.15) is 0 Å². The lowest BCUT2D eigenvalue weighted by atomic mass is 10.1. The highest BCUT2D eigenvalue weighted by Crippen LogP contribution is 2.25. The second-order valence-electron chi connectivity index (χ2n) is 2.88. The summed E-state index contributed by atoms with van der Waals surface area (Å²) in [6, 6.07) is 5.55. The normalized spacial score (nSPS) is 11.2. The first-order chi connectivity index (χ1) is 6.92. The van der Waals surface area contributed by atoms with Crippen molar-refractivity contribution >= 4 is 5.57 Å². The molecule has 0 bridgehead atoms. The van der Waals surface area contributed by atoms with Crippen LogP contribution in [0.1, 0.15) is 5.56 Å². The van der Waals surface area contributed by atoms with E-state index in [9.17, 15) is 13.2 Å². The monoisotopic (exact) mass is 217 g/mol. The van der Waals surface area contributed by atoms with Crippen molar-refractivity contribution in [1.29, 1.82) is 0 Å². The Labute approximate surface area is 85.2 Å². The van der Waals surface area contributed by atoms with Gasteiger partial charge in [-0.15, -0.1) is 13.2 Å². The Hall–Kier alpha value is -1.49. The molecule has 2 nitrogen and oxygen atoms in total. The summed E-state index contributed by atoms with van der Waals surface area (Å²) in [5, 5.41) is 0. The van der Waals surface area contributed by atoms with Gasteiger partial charge in [0, 0.05) is 6.54 Å². The number of hydrogen-bond donors (Lipinski definition) is 1. The van der Waals surface area contributed by atoms with Crippen LogP contribution in [0.15, 0.2) is 30.8 Å². The maximum Gasteiger partial charge on any atom is 0.573 e. The maximum atomic E-state index is 11.9. The lowest BCUT2D eigenvalue weighted by Crippen LogP contribution is -2.17. The average molecular weight is 217 g/mol. The molecule has 0 aromatic heterocycles. The molecule has 0 unspecified atom stereocenters. The van der Waals surface area contributed by atoms with Crippen molar-refractivity contribution in [1.82, 2.24) is 0 Å². The molecule has 0 saturated heterocycles. The lowest BCUT2D eigenvalue weighted by Gasteiger charge is -2.10. The number of hydrogen-bond acceptors (Lipinski definition) is 2. The van der Waals surface area contributed by atoms with Crippen LogP contribution in [0.3, 0.4) is 0 Å². The van der Waals surface area contributed by atoms with Crippen LogP contribution in [-0.4, -0.2) is 12.9 Å². The molecule has 0 aliphatic rings. The van der Waals surface area contributed by atoms with Crippen molar-refractivity contribution in [3.63, 3.8) is 0 Å². The van der Waals surface area contributed by atoms with Gasteiger partial charge in [0.15, 0.2) is 0 Å². The van der Waals surface area contributed by atoms with Gasteiger partial charge in [-0.05, 0) is 23.3 Å². The first kappa shape index (κ1) is 11.6. The predicted molar refractivity (Wildman–Crippen MR) is 51.2 cm³/mol. The molecule has 2 N–H and O–H groups in total. The molecule has 0 saturated carbocycles. The first-order valence-electron chi connectivity index (χ1n) is 4.16. The van der Waals surface area contributed by atoms with E-state index in [-0.39, 0.29) is 12.3 Å². The minimum absolute atomic E-state index is 0.190. The summed E-state index contributed by atoms with van der Waals surface area (Å²) in [6.45, 7) is 3.81. The van der Waals surface area contributed by atoms with Crippen molar-refractivity contribution in [3.8, 4) is 5.75 Å². The highest BCUT2D eigenvalue weighted by molar-refractivity contribution is 5.65. The second-order valence-corrected chi connectivity index (χ2v) is 2.88. The van der Waals surface area contributed by atoms with Gasteiger partial charge in [0.05, 0.1) is 0 Å². The Morgan fingerprint density at radius 2 is 2.07 bits per heavy atom. The Morgan fingerprint density at radius 3 is 2.60 bits per heavy atom. The fourth-order valence-electron chi connectivity index (χ4n) is 1.03. The van der Waals surface area contributed by atoms with Gasteiger partial charge < -0.3 is 10.5 Å². The summed E-state index contributed by atoms with van der Waals surface area (Å²) in [6.07, 6.45) is -4.68. The quantitative estimate of drug-likeness (QED) is 0.844. The van der Waals surface area contributed by atoms with Crippen molar-refractivity contribution in [2.24, 2.45) is 5.73 Å². The van der Waals surface area contributed by atoms with E-state index >= 15 is 0 Å². The van der Waals surface area contributed by atoms with Crippen LogP contribution in [0.4, 0.5) is 13.2 Å². The smallest absolute Gasteiger partial charge is 0.406 e. The Morgan fingerprint density at radius 1 is 1.40 bits per heavy atom. The summed E-state index contributed by atoms with van der Waals surface area (Å²) in [5.41, 5.74) is 6.42. The maximum absolute atomic E-state index is 11.9. The second kappa shape index (κ2) is 4.35. The Bertz CT molecular complexity index is 360. The Balaban J connectivity index is 2.88. The average Bonchev–Trinajstić information content (AvgIpc) is 2.14. The van der Waals surface area contributed by atoms with E-state index in [0.717, 1.165) is 0 Å². The van der Waals surface area contributed by atoms with Crippen molar-refractivity contribution < 1.29 is 17.9 Å². The van der Waals surface area contributed by atoms with E-state index in [4.69, 9.17) is 5.73 Å². The van der Waals surface area contributed by atoms with Gasteiger partial charge in [0.25, 0.3) is 0 Å². The third kappa shape index (κ3) is 3.63. The van der Waals surface area contributed by atoms with Gasteiger partial charge in [-0.25, -0.2) is 0 Å². The minimum Gasteiger partial charge on any atom is -0.406 e. The van der Waals surface area contributed by atoms with Crippen molar-refractivity contribution in [2.75, 3.05) is 6.54 Å². The number of rotatable bonds is 3. The highest BCUT2D eigenvalue weighted by Gasteiger charge is 2.31. The topological polar surface area (TPSA) is 35.2 Å². The number of benzene rings is 1. The summed E-state index contributed by atoms with van der Waals surface area (Å²) in [7, 11) is 0. The van der Waals surface area contributed by atoms with E-state index in [1.807, 2.05) is 0 Å². The van der Waals surface area contributed by atoms with Crippen LogP contribution in [0.2, 0.25) is 0 Å². The van der Waals surface area contributed by atoms with Gasteiger partial charge in [0.2, 0.25) is 0 Å². The van der Waals surface area contributed by atoms with E-state index in [2.05, 4.69) is 11.3 Å². The van der Waals surface area contributed by atoms with E-state index in [1.165, 1.54) is 18.2 Å². The van der Waals surface area contributed by atoms with Crippen LogP contribution in [0.25, 0.3) is 5.57 Å². The number of nitrogens with two attached hydrogens (primary N) is 1. The fourth-order valence-corrected chi connectivity index (χ4v) is 1.03. The van der Waals surface area contributed by atoms with Crippen LogP contribution in [0, 0.1) is 0 Å².